The van der Waals surface area contributed by atoms with Gasteiger partial charge in [-0.3, -0.25) is 46.0 Å². The number of nitrogens with zero attached hydrogens (tertiary/aromatic N) is 15. The van der Waals surface area contributed by atoms with E-state index in [0.717, 1.165) is 142 Å². The number of nitrogens with two attached hydrogens (primary N) is 2. The van der Waals surface area contributed by atoms with E-state index in [2.05, 4.69) is 92.0 Å². The molecular formula is C81H92ClN25O6. The third kappa shape index (κ3) is 20.2. The van der Waals surface area contributed by atoms with Gasteiger partial charge in [-0.2, -0.15) is 0 Å². The lowest BCUT2D eigenvalue weighted by Gasteiger charge is -2.33. The fourth-order valence-electron chi connectivity index (χ4n) is 13.5. The summed E-state index contributed by atoms with van der Waals surface area (Å²) in [5.41, 5.74) is 24.4. The Hall–Kier alpha value is -12.9. The highest BCUT2D eigenvalue weighted by molar-refractivity contribution is 6.32. The van der Waals surface area contributed by atoms with Gasteiger partial charge in [-0.1, -0.05) is 0 Å². The second-order valence-corrected chi connectivity index (χ2v) is 29.6. The van der Waals surface area contributed by atoms with Crippen LogP contribution >= 0.6 is 0 Å². The molecule has 0 aliphatic carbocycles. The van der Waals surface area contributed by atoms with Gasteiger partial charge in [0.15, 0.2) is 11.6 Å². The maximum atomic E-state index is 12.7. The predicted octanol–water partition coefficient (Wildman–Crippen LogP) is 7.31. The van der Waals surface area contributed by atoms with Gasteiger partial charge in [-0.15, -0.1) is 0 Å². The molecule has 0 bridgehead atoms. The zero-order valence-electron chi connectivity index (χ0n) is 64.2. The lowest BCUT2D eigenvalue weighted by atomic mass is 9.99. The monoisotopic (exact) mass is 1550 g/mol. The molecule has 17 rings (SSSR count). The maximum Gasteiger partial charge on any atom is 0.410 e. The van der Waals surface area contributed by atoms with E-state index in [1.54, 1.807) is 102 Å². The van der Waals surface area contributed by atoms with Crippen LogP contribution in [0, 0.1) is 0 Å². The summed E-state index contributed by atoms with van der Waals surface area (Å²) in [7, 11) is 3.78. The average Bonchev–Trinajstić information content (AvgIpc) is 1.65. The molecule has 584 valence electrons. The van der Waals surface area contributed by atoms with Crippen molar-refractivity contribution in [2.75, 3.05) is 85.3 Å². The highest BCUT2D eigenvalue weighted by Crippen LogP contribution is 2.44. The number of piperidine rings is 3. The number of carbonyl (C=O) groups excluding carboxylic acids is 4. The number of hydrogen-bond acceptors (Lipinski definition) is 26. The maximum absolute atomic E-state index is 12.7. The van der Waals surface area contributed by atoms with Crippen molar-refractivity contribution in [2.45, 2.75) is 116 Å². The lowest BCUT2D eigenvalue weighted by molar-refractivity contribution is -0.509. The first-order valence-corrected chi connectivity index (χ1v) is 37.2. The van der Waals surface area contributed by atoms with E-state index in [1.165, 1.54) is 0 Å². The summed E-state index contributed by atoms with van der Waals surface area (Å²) >= 11 is 0. The molecule has 2 amide bonds. The number of nitrogens with one attached hydrogen (secondary N) is 8. The normalized spacial score (nSPS) is 15.4. The molecule has 3 saturated heterocycles. The van der Waals surface area contributed by atoms with Crippen LogP contribution in [-0.2, 0) is 15.9 Å². The van der Waals surface area contributed by atoms with Crippen molar-refractivity contribution < 1.29 is 46.1 Å². The number of rotatable bonds is 6. The van der Waals surface area contributed by atoms with Gasteiger partial charge in [-0.25, -0.2) is 49.5 Å². The van der Waals surface area contributed by atoms with Gasteiger partial charge in [0.2, 0.25) is 11.9 Å². The Morgan fingerprint density at radius 2 is 0.903 bits per heavy atom. The predicted molar refractivity (Wildman–Crippen MR) is 430 cm³/mol. The average molecular weight is 1550 g/mol. The van der Waals surface area contributed by atoms with E-state index in [0.29, 0.717) is 78.9 Å². The van der Waals surface area contributed by atoms with E-state index in [-0.39, 0.29) is 54.2 Å². The van der Waals surface area contributed by atoms with Crippen LogP contribution in [0.5, 0.6) is 0 Å². The highest BCUT2D eigenvalue weighted by atomic mass is 35.5. The third-order valence-corrected chi connectivity index (χ3v) is 18.8. The van der Waals surface area contributed by atoms with E-state index in [9.17, 15) is 19.2 Å². The van der Waals surface area contributed by atoms with E-state index in [4.69, 9.17) is 30.9 Å². The number of carbonyl (C=O) groups is 4. The van der Waals surface area contributed by atoms with Crippen molar-refractivity contribution in [1.29, 1.82) is 0 Å². The number of ether oxygens (including phenoxy) is 2. The summed E-state index contributed by atoms with van der Waals surface area (Å²) in [4.78, 5) is 110. The van der Waals surface area contributed by atoms with Gasteiger partial charge in [0.05, 0.1) is 76.1 Å². The van der Waals surface area contributed by atoms with Crippen molar-refractivity contribution in [3.05, 3.63) is 188 Å². The van der Waals surface area contributed by atoms with Crippen LogP contribution in [-0.4, -0.2) is 187 Å². The summed E-state index contributed by atoms with van der Waals surface area (Å²) in [6, 6.07) is 23.4. The number of fused-ring (bicyclic) bond motifs is 14. The Bertz CT molecular complexity index is 5120. The summed E-state index contributed by atoms with van der Waals surface area (Å²) in [6.07, 6.45) is 31.7. The fraction of sp³-hybridized carbons (Fsp3) is 0.321. The third-order valence-electron chi connectivity index (χ3n) is 18.8. The smallest absolute Gasteiger partial charge is 0.410 e. The van der Waals surface area contributed by atoms with Crippen LogP contribution in [0.1, 0.15) is 112 Å². The van der Waals surface area contributed by atoms with Crippen LogP contribution in [0.2, 0.25) is 0 Å². The molecule has 0 spiro atoms. The van der Waals surface area contributed by atoms with Crippen LogP contribution < -0.4 is 66.1 Å². The van der Waals surface area contributed by atoms with Crippen LogP contribution in [0.4, 0.5) is 67.5 Å². The first-order valence-electron chi connectivity index (χ1n) is 37.2. The molecule has 31 nitrogen and oxygen atoms in total. The van der Waals surface area contributed by atoms with E-state index < -0.39 is 11.2 Å². The largest absolute Gasteiger partial charge is 1.00 e. The first kappa shape index (κ1) is 79.6. The van der Waals surface area contributed by atoms with Gasteiger partial charge in [0, 0.05) is 171 Å². The zero-order chi connectivity index (χ0) is 78.5. The van der Waals surface area contributed by atoms with Gasteiger partial charge >= 0.3 is 18.1 Å². The molecule has 7 aliphatic heterocycles. The molecule has 3 fully saturated rings. The zero-order valence-corrected chi connectivity index (χ0v) is 65.0. The number of halogens is 1. The molecule has 0 aromatic carbocycles. The van der Waals surface area contributed by atoms with Gasteiger partial charge < -0.3 is 73.8 Å². The SMILES string of the molecule is CC(C)(C)OC(=O)N1CCC(Nc2ncc3c(n2)-c2cccnc2Nc2cnccc2-3)CC1.CC(C)(C)OC(=O)N1CCC([NH+]=C(N)N)CC1.CN(C)/C=C1/C(=O)c2cccnc2Nc2cnccc21.O=C1Cc2ccncc2Nc2ncccc21.[Cl-].c1cnc2c(c1)-c1nc(NC3CCNCC3)ncc1-c1ccncc1N2. The molecule has 12 N–H and O–H groups in total. The van der Waals surface area contributed by atoms with Crippen molar-refractivity contribution >= 4 is 93.2 Å². The van der Waals surface area contributed by atoms with Crippen molar-refractivity contribution in [3.63, 3.8) is 0 Å². The Kier molecular flexibility index (Phi) is 25.3. The fourth-order valence-corrected chi connectivity index (χ4v) is 13.5. The van der Waals surface area contributed by atoms with E-state index >= 15 is 0 Å². The second kappa shape index (κ2) is 35.9. The number of guanidine groups is 1. The number of aromatic nitrogens is 12. The quantitative estimate of drug-likeness (QED) is 0.0443. The number of amides is 2. The number of Topliss-reactive ketones (excluding diaryl/α,β-unsaturated/α-hetero) is 2. The molecular weight excluding hydrogens is 1450 g/mol. The standard InChI is InChI=1S/C24H27N7O2.C19H19N7.C15H14N4O.C12H9N3O.C11H22N4O2.ClH/c1-24(2,3)33-23(32)31-11-7-15(8-12-31)28-22-27-13-18-16-6-10-25-14-19(16)29-21-17(20(18)30-22)5-4-9-26-21;1-2-14-17-15(10-23-19(26-17)24-12-3-7-20-8-4-12)13-5-9-21-11-16(13)25-18(14)22-6-1;1-19(2)9-12-10-5-7-16-8-13(10)18-15-11(14(12)20)4-3-6-17-15;16-11-6-8-3-5-13-7-10(8)15-12-9(11)2-1-4-14-12;1-11(2,3)17-10(16)15-6-4-8(5-7-15)14-9(12)13;/h4-6,9-10,13-15H,7-8,11-12H2,1-3H3,(H,26,29)(H,27,28,30);1-2,5-6,9-12,20H,3-4,7-8H2,(H,22,25)(H,23,24,26);3-9H,1-2H3,(H,17,18);1-5,7H,6H2,(H,14,15);8H,4-7H2,1-3H3,(H4,12,13,14);1H/b;;12-9+;;;. The Morgan fingerprint density at radius 1 is 0.496 bits per heavy atom. The van der Waals surface area contributed by atoms with Crippen molar-refractivity contribution in [1.82, 2.24) is 79.8 Å². The number of ketones is 2. The second-order valence-electron chi connectivity index (χ2n) is 29.6. The number of pyridine rings is 8. The number of hydrogen-bond donors (Lipinski definition) is 10. The molecule has 0 atom stereocenters. The minimum atomic E-state index is -0.490. The molecule has 113 heavy (non-hydrogen) atoms. The summed E-state index contributed by atoms with van der Waals surface area (Å²) in [5.74, 6) is 4.21. The molecule has 32 heteroatoms. The Balaban J connectivity index is 0.000000134. The van der Waals surface area contributed by atoms with E-state index in [1.807, 2.05) is 134 Å². The van der Waals surface area contributed by atoms with Gasteiger partial charge in [-0.05, 0) is 172 Å². The summed E-state index contributed by atoms with van der Waals surface area (Å²) in [5, 5.41) is 23.4. The lowest BCUT2D eigenvalue weighted by Crippen LogP contribution is -3.00. The summed E-state index contributed by atoms with van der Waals surface area (Å²) in [6.45, 7) is 15.9. The molecule has 0 radical (unpaired) electrons. The van der Waals surface area contributed by atoms with Crippen LogP contribution in [0.15, 0.2) is 166 Å². The highest BCUT2D eigenvalue weighted by Gasteiger charge is 2.32. The number of allylic oxidation sites excluding steroid dienone is 1. The van der Waals surface area contributed by atoms with Crippen molar-refractivity contribution in [2.24, 2.45) is 11.5 Å². The topological polar surface area (TPSA) is 401 Å². The van der Waals surface area contributed by atoms with Crippen LogP contribution in [0.3, 0.4) is 0 Å². The molecule has 7 aliphatic rings. The molecule has 10 aromatic rings. The first-order chi connectivity index (χ1) is 54.0. The Morgan fingerprint density at radius 3 is 1.38 bits per heavy atom. The molecule has 0 saturated carbocycles. The Labute approximate surface area is 661 Å². The van der Waals surface area contributed by atoms with Crippen LogP contribution in [0.25, 0.3) is 50.3 Å². The van der Waals surface area contributed by atoms with Gasteiger partial charge in [0.25, 0.3) is 0 Å². The van der Waals surface area contributed by atoms with Gasteiger partial charge in [0.1, 0.15) is 34.5 Å². The number of anilines is 10. The summed E-state index contributed by atoms with van der Waals surface area (Å²) < 4.78 is 10.8. The molecule has 10 aromatic heterocycles. The number of likely N-dealkylation sites (tertiary alicyclic amines) is 2. The molecule has 0 unspecified atom stereocenters. The minimum Gasteiger partial charge on any atom is -1.00 e. The van der Waals surface area contributed by atoms with Crippen molar-refractivity contribution in [3.8, 4) is 44.8 Å². The molecule has 17 heterocycles. The minimum absolute atomic E-state index is 0.